The molecule has 49 heavy (non-hydrogen) atoms. The first-order valence-corrected chi connectivity index (χ1v) is 16.7. The molecule has 9 nitrogen and oxygen atoms in total. The third-order valence-electron chi connectivity index (χ3n) is 10.6. The van der Waals surface area contributed by atoms with Crippen LogP contribution in [-0.2, 0) is 26.3 Å². The van der Waals surface area contributed by atoms with Crippen molar-refractivity contribution in [1.82, 2.24) is 24.6 Å². The van der Waals surface area contributed by atoms with Crippen LogP contribution >= 0.6 is 0 Å². The lowest BCUT2D eigenvalue weighted by atomic mass is 9.96. The van der Waals surface area contributed by atoms with Gasteiger partial charge in [0.15, 0.2) is 5.82 Å². The minimum Gasteiger partial charge on any atom is -0.384 e. The van der Waals surface area contributed by atoms with Crippen LogP contribution in [0.4, 0.5) is 24.8 Å². The highest BCUT2D eigenvalue weighted by molar-refractivity contribution is 5.84. The summed E-state index contributed by atoms with van der Waals surface area (Å²) in [5.41, 5.74) is 9.37. The van der Waals surface area contributed by atoms with E-state index in [9.17, 15) is 23.2 Å². The molecule has 2 spiro atoms. The van der Waals surface area contributed by atoms with Crippen LogP contribution in [-0.4, -0.2) is 51.1 Å². The quantitative estimate of drug-likeness (QED) is 0.199. The third-order valence-corrected chi connectivity index (χ3v) is 10.6. The van der Waals surface area contributed by atoms with Gasteiger partial charge in [0.05, 0.1) is 17.2 Å². The monoisotopic (exact) mass is 668 g/mol. The van der Waals surface area contributed by atoms with Crippen LogP contribution < -0.4 is 10.6 Å². The van der Waals surface area contributed by atoms with Gasteiger partial charge in [0, 0.05) is 44.9 Å². The minimum absolute atomic E-state index is 0.00239. The van der Waals surface area contributed by atoms with Gasteiger partial charge in [-0.2, -0.15) is 18.4 Å². The third kappa shape index (κ3) is 7.04. The molecule has 0 unspecified atom stereocenters. The summed E-state index contributed by atoms with van der Waals surface area (Å²) in [6.45, 7) is 1.87. The topological polar surface area (TPSA) is 117 Å². The fourth-order valence-electron chi connectivity index (χ4n) is 7.02. The molecule has 4 aromatic rings. The first-order chi connectivity index (χ1) is 23.4. The van der Waals surface area contributed by atoms with Gasteiger partial charge < -0.3 is 15.2 Å². The molecule has 12 heteroatoms. The summed E-state index contributed by atoms with van der Waals surface area (Å²) in [5, 5.41) is 17.7. The lowest BCUT2D eigenvalue weighted by molar-refractivity contribution is -0.138. The highest BCUT2D eigenvalue weighted by Gasteiger charge is 2.52. The van der Waals surface area contributed by atoms with Gasteiger partial charge in [0.2, 0.25) is 0 Å². The number of anilines is 2. The summed E-state index contributed by atoms with van der Waals surface area (Å²) in [6.07, 6.45) is 7.05. The lowest BCUT2D eigenvalue weighted by Gasteiger charge is -2.25. The van der Waals surface area contributed by atoms with Crippen molar-refractivity contribution >= 4 is 17.9 Å². The van der Waals surface area contributed by atoms with Crippen molar-refractivity contribution in [2.45, 2.75) is 64.2 Å². The van der Waals surface area contributed by atoms with Crippen LogP contribution in [0.1, 0.15) is 77.6 Å². The number of carbonyl (C=O) groups excluding carboxylic acids is 1. The van der Waals surface area contributed by atoms with Crippen molar-refractivity contribution in [3.63, 3.8) is 0 Å². The minimum atomic E-state index is -4.66. The molecular formula is C37H39F3N8O. The van der Waals surface area contributed by atoms with Gasteiger partial charge >= 0.3 is 6.18 Å². The van der Waals surface area contributed by atoms with Gasteiger partial charge in [-0.3, -0.25) is 9.69 Å². The molecule has 3 aliphatic carbocycles. The molecule has 4 aliphatic rings. The number of benzene rings is 2. The summed E-state index contributed by atoms with van der Waals surface area (Å²) < 4.78 is 45.1. The number of aryl methyl sites for hydroxylation is 1. The molecule has 254 valence electrons. The van der Waals surface area contributed by atoms with Crippen LogP contribution in [0.2, 0.25) is 0 Å². The summed E-state index contributed by atoms with van der Waals surface area (Å²) in [6, 6.07) is 13.3. The van der Waals surface area contributed by atoms with Crippen molar-refractivity contribution in [1.29, 1.82) is 5.26 Å². The number of halogens is 3. The van der Waals surface area contributed by atoms with E-state index in [0.717, 1.165) is 24.9 Å². The number of aldehydes is 1. The van der Waals surface area contributed by atoms with Crippen LogP contribution in [0, 0.1) is 22.2 Å². The molecule has 2 aromatic carbocycles. The number of carbonyl (C=O) groups is 1. The van der Waals surface area contributed by atoms with Crippen molar-refractivity contribution in [3.05, 3.63) is 76.6 Å². The molecule has 0 atom stereocenters. The van der Waals surface area contributed by atoms with Gasteiger partial charge in [-0.25, -0.2) is 4.98 Å². The van der Waals surface area contributed by atoms with E-state index >= 15 is 0 Å². The molecule has 1 aliphatic heterocycles. The number of nitrogens with zero attached hydrogens (tertiary/aromatic N) is 7. The number of likely N-dealkylation sites (tertiary alicyclic amines) is 1. The largest absolute Gasteiger partial charge is 0.416 e. The molecule has 8 rings (SSSR count). The van der Waals surface area contributed by atoms with Gasteiger partial charge in [0.1, 0.15) is 24.2 Å². The van der Waals surface area contributed by atoms with Crippen molar-refractivity contribution in [2.24, 2.45) is 17.9 Å². The Morgan fingerprint density at radius 3 is 2.33 bits per heavy atom. The number of aromatic nitrogens is 4. The van der Waals surface area contributed by atoms with Crippen molar-refractivity contribution in [3.8, 4) is 28.6 Å². The smallest absolute Gasteiger partial charge is 0.384 e. The predicted octanol–water partition coefficient (Wildman–Crippen LogP) is 7.01. The second kappa shape index (κ2) is 12.3. The van der Waals surface area contributed by atoms with Gasteiger partial charge in [-0.15, -0.1) is 10.2 Å². The predicted molar refractivity (Wildman–Crippen MR) is 180 cm³/mol. The Morgan fingerprint density at radius 2 is 1.76 bits per heavy atom. The molecule has 4 fully saturated rings. The molecule has 3 heterocycles. The van der Waals surface area contributed by atoms with E-state index in [1.165, 1.54) is 23.8 Å². The highest BCUT2D eigenvalue weighted by atomic mass is 19.4. The number of hydrogen-bond donors (Lipinski definition) is 1. The number of nitrogen functional groups attached to an aromatic ring is 1. The zero-order valence-corrected chi connectivity index (χ0v) is 27.7. The maximum atomic E-state index is 14.5. The molecule has 0 amide bonds. The summed E-state index contributed by atoms with van der Waals surface area (Å²) in [7, 11) is 3.39. The summed E-state index contributed by atoms with van der Waals surface area (Å²) in [5.74, 6) is 0.991. The van der Waals surface area contributed by atoms with Crippen LogP contribution in [0.25, 0.3) is 22.5 Å². The summed E-state index contributed by atoms with van der Waals surface area (Å²) in [4.78, 5) is 20.3. The Kier molecular flexibility index (Phi) is 8.22. The highest BCUT2D eigenvalue weighted by Crippen LogP contribution is 2.65. The maximum Gasteiger partial charge on any atom is 0.416 e. The molecular weight excluding hydrogens is 629 g/mol. The zero-order valence-electron chi connectivity index (χ0n) is 27.7. The van der Waals surface area contributed by atoms with Crippen molar-refractivity contribution in [2.75, 3.05) is 30.8 Å². The number of alkyl halides is 3. The molecule has 1 saturated heterocycles. The van der Waals surface area contributed by atoms with Crippen molar-refractivity contribution < 1.29 is 18.0 Å². The SMILES string of the molecule is C1CC12CC2.CN(Cc1c(C=O)cc(CN2CCC3(CC3)C2)cc1C(F)(F)F)c1cc(-c2cc(C#N)ccc2-c2nncn2C)cc(N)n1. The first-order valence-electron chi connectivity index (χ1n) is 16.7. The average molecular weight is 669 g/mol. The lowest BCUT2D eigenvalue weighted by Crippen LogP contribution is -2.24. The Hall–Kier alpha value is -4.76. The standard InChI is InChI=1S/C32H31F3N8O.C5H8/c1-41(16-26-23(17-44)9-21(11-27(26)32(33,34)35)15-43-8-7-31(18-43)5-6-31)29-13-22(12-28(37)39-29)25-10-20(14-36)3-4-24(25)30-40-38-19-42(30)2;1-2-5(1)3-4-5/h3-4,9-13,17,19H,5-8,15-16,18H2,1-2H3,(H2,37,39);1-4H2. The zero-order chi connectivity index (χ0) is 34.6. The van der Waals surface area contributed by atoms with Gasteiger partial charge in [0.25, 0.3) is 0 Å². The van der Waals surface area contributed by atoms with Gasteiger partial charge in [-0.05, 0) is 127 Å². The number of pyridine rings is 1. The number of hydrogen-bond acceptors (Lipinski definition) is 8. The van der Waals surface area contributed by atoms with E-state index in [-0.39, 0.29) is 23.5 Å². The normalized spacial score (nSPS) is 18.1. The fraction of sp³-hybridized carbons (Fsp3) is 0.432. The fourth-order valence-corrected chi connectivity index (χ4v) is 7.02. The van der Waals surface area contributed by atoms with E-state index in [0.29, 0.717) is 57.7 Å². The molecule has 3 saturated carbocycles. The second-order valence-corrected chi connectivity index (χ2v) is 14.4. The Morgan fingerprint density at radius 1 is 1.02 bits per heavy atom. The van der Waals surface area contributed by atoms with E-state index in [1.54, 1.807) is 87.1 Å². The van der Waals surface area contributed by atoms with E-state index in [1.807, 2.05) is 0 Å². The number of nitriles is 1. The van der Waals surface area contributed by atoms with Gasteiger partial charge in [-0.1, -0.05) is 0 Å². The Labute approximate surface area is 283 Å². The second-order valence-electron chi connectivity index (χ2n) is 14.4. The Balaban J connectivity index is 0.000000683. The van der Waals surface area contributed by atoms with E-state index in [2.05, 4.69) is 26.2 Å². The first kappa shape index (κ1) is 32.8. The number of nitrogens with two attached hydrogens (primary N) is 1. The molecule has 0 bridgehead atoms. The molecule has 0 radical (unpaired) electrons. The average Bonchev–Trinajstić information content (AvgIpc) is 4.04. The Bertz CT molecular complexity index is 1940. The van der Waals surface area contributed by atoms with E-state index < -0.39 is 11.7 Å². The molecule has 2 aromatic heterocycles. The van der Waals surface area contributed by atoms with Crippen LogP contribution in [0.5, 0.6) is 0 Å². The van der Waals surface area contributed by atoms with E-state index in [4.69, 9.17) is 5.73 Å². The van der Waals surface area contributed by atoms with Crippen LogP contribution in [0.15, 0.2) is 48.8 Å². The summed E-state index contributed by atoms with van der Waals surface area (Å²) >= 11 is 0. The number of rotatable bonds is 8. The maximum absolute atomic E-state index is 14.5. The van der Waals surface area contributed by atoms with Crippen LogP contribution in [0.3, 0.4) is 0 Å². The molecule has 2 N–H and O–H groups in total.